The fraction of sp³-hybridized carbons (Fsp3) is 0.857. The van der Waals surface area contributed by atoms with E-state index in [4.69, 9.17) is 4.74 Å². The summed E-state index contributed by atoms with van der Waals surface area (Å²) in [5, 5.41) is 2.28. The number of halogens is 3. The van der Waals surface area contributed by atoms with Gasteiger partial charge in [-0.3, -0.25) is 19.1 Å². The van der Waals surface area contributed by atoms with Gasteiger partial charge in [-0.05, 0) is 12.8 Å². The lowest BCUT2D eigenvalue weighted by molar-refractivity contribution is -0.210. The zero-order valence-corrected chi connectivity index (χ0v) is 15.2. The first-order chi connectivity index (χ1) is 12.5. The highest BCUT2D eigenvalue weighted by Gasteiger charge is 2.56. The van der Waals surface area contributed by atoms with Crippen molar-refractivity contribution in [2.45, 2.75) is 37.1 Å². The molecule has 9 nitrogen and oxygen atoms in total. The minimum Gasteiger partial charge on any atom is -0.379 e. The molecule has 2 heterocycles. The number of carbonyl (C=O) groups excluding carboxylic acids is 2. The van der Waals surface area contributed by atoms with Gasteiger partial charge in [-0.1, -0.05) is 0 Å². The van der Waals surface area contributed by atoms with E-state index >= 15 is 0 Å². The number of alkyl halides is 3. The Bertz CT molecular complexity index is 650. The molecule has 2 aliphatic heterocycles. The van der Waals surface area contributed by atoms with Gasteiger partial charge in [-0.2, -0.15) is 13.2 Å². The second kappa shape index (κ2) is 7.32. The van der Waals surface area contributed by atoms with E-state index < -0.39 is 62.3 Å². The molecule has 13 heteroatoms. The van der Waals surface area contributed by atoms with Crippen molar-refractivity contribution in [3.8, 4) is 0 Å². The van der Waals surface area contributed by atoms with Crippen molar-refractivity contribution in [2.24, 2.45) is 5.92 Å². The van der Waals surface area contributed by atoms with Crippen LogP contribution >= 0.6 is 7.60 Å². The van der Waals surface area contributed by atoms with Crippen molar-refractivity contribution in [3.05, 3.63) is 0 Å². The average Bonchev–Trinajstić information content (AvgIpc) is 2.57. The van der Waals surface area contributed by atoms with E-state index in [1.54, 1.807) is 4.90 Å². The molecule has 0 radical (unpaired) electrons. The van der Waals surface area contributed by atoms with Crippen molar-refractivity contribution in [1.82, 2.24) is 15.1 Å². The molecule has 3 aliphatic rings. The summed E-state index contributed by atoms with van der Waals surface area (Å²) in [5.74, 6) is -4.00. The Morgan fingerprint density at radius 3 is 2.33 bits per heavy atom. The third kappa shape index (κ3) is 4.45. The van der Waals surface area contributed by atoms with E-state index in [0.717, 1.165) is 4.90 Å². The average molecular weight is 415 g/mol. The van der Waals surface area contributed by atoms with E-state index in [1.165, 1.54) is 0 Å². The van der Waals surface area contributed by atoms with Crippen molar-refractivity contribution < 1.29 is 41.8 Å². The Morgan fingerprint density at radius 2 is 1.78 bits per heavy atom. The molecule has 0 bridgehead atoms. The van der Waals surface area contributed by atoms with Gasteiger partial charge < -0.3 is 24.7 Å². The summed E-state index contributed by atoms with van der Waals surface area (Å²) in [6.45, 7) is 1.18. The van der Waals surface area contributed by atoms with Gasteiger partial charge in [-0.25, -0.2) is 0 Å². The molecule has 0 aromatic carbocycles. The van der Waals surface area contributed by atoms with Crippen molar-refractivity contribution in [3.63, 3.8) is 0 Å². The first-order valence-corrected chi connectivity index (χ1v) is 10.3. The first kappa shape index (κ1) is 20.5. The normalized spacial score (nSPS) is 33.6. The maximum absolute atomic E-state index is 13.7. The fourth-order valence-corrected chi connectivity index (χ4v) is 4.94. The summed E-state index contributed by atoms with van der Waals surface area (Å²) in [6, 6.07) is -2.88. The highest BCUT2D eigenvalue weighted by atomic mass is 31.2. The van der Waals surface area contributed by atoms with Crippen LogP contribution in [-0.4, -0.2) is 88.3 Å². The van der Waals surface area contributed by atoms with Crippen molar-refractivity contribution >= 4 is 19.4 Å². The molecular weight excluding hydrogens is 394 g/mol. The van der Waals surface area contributed by atoms with Crippen LogP contribution in [0.1, 0.15) is 12.8 Å². The smallest absolute Gasteiger partial charge is 0.379 e. The molecule has 3 rings (SSSR count). The quantitative estimate of drug-likeness (QED) is 0.420. The summed E-state index contributed by atoms with van der Waals surface area (Å²) >= 11 is 0. The third-order valence-electron chi connectivity index (χ3n) is 5.36. The van der Waals surface area contributed by atoms with E-state index in [2.05, 4.69) is 5.32 Å². The maximum atomic E-state index is 13.7. The van der Waals surface area contributed by atoms with Crippen LogP contribution < -0.4 is 5.32 Å². The largest absolute Gasteiger partial charge is 0.393 e. The van der Waals surface area contributed by atoms with Gasteiger partial charge in [0.2, 0.25) is 0 Å². The Balaban J connectivity index is 1.90. The summed E-state index contributed by atoms with van der Waals surface area (Å²) in [6.07, 6.45) is -6.09. The van der Waals surface area contributed by atoms with Crippen molar-refractivity contribution in [1.29, 1.82) is 0 Å². The summed E-state index contributed by atoms with van der Waals surface area (Å²) in [5.41, 5.74) is 0. The SMILES string of the molecule is O=C1NC2CC(C(F)(F)F)C(N3CCOCC3)CC2N(CP(=O)(O)O)C1=O. The fourth-order valence-electron chi connectivity index (χ4n) is 4.21. The van der Waals surface area contributed by atoms with Gasteiger partial charge in [0.15, 0.2) is 0 Å². The van der Waals surface area contributed by atoms with Crippen LogP contribution in [0.5, 0.6) is 0 Å². The molecular formula is C14H21F3N3O6P. The zero-order chi connectivity index (χ0) is 20.0. The lowest BCUT2D eigenvalue weighted by Gasteiger charge is -2.51. The molecule has 1 aliphatic carbocycles. The van der Waals surface area contributed by atoms with Gasteiger partial charge in [0.25, 0.3) is 0 Å². The van der Waals surface area contributed by atoms with Crippen LogP contribution in [0.4, 0.5) is 13.2 Å². The highest BCUT2D eigenvalue weighted by Crippen LogP contribution is 2.44. The van der Waals surface area contributed by atoms with E-state index in [9.17, 15) is 37.1 Å². The van der Waals surface area contributed by atoms with Gasteiger partial charge in [0.1, 0.15) is 6.29 Å². The first-order valence-electron chi connectivity index (χ1n) is 8.52. The van der Waals surface area contributed by atoms with Crippen LogP contribution in [0.2, 0.25) is 0 Å². The van der Waals surface area contributed by atoms with E-state index in [-0.39, 0.29) is 19.6 Å². The van der Waals surface area contributed by atoms with Gasteiger partial charge in [0, 0.05) is 19.1 Å². The number of hydrogen-bond acceptors (Lipinski definition) is 5. The van der Waals surface area contributed by atoms with Crippen LogP contribution in [-0.2, 0) is 18.9 Å². The molecule has 2 saturated heterocycles. The maximum Gasteiger partial charge on any atom is 0.393 e. The number of fused-ring (bicyclic) bond motifs is 1. The predicted octanol–water partition coefficient (Wildman–Crippen LogP) is -0.510. The molecule has 3 fully saturated rings. The minimum absolute atomic E-state index is 0.138. The Hall–Kier alpha value is -1.20. The highest BCUT2D eigenvalue weighted by molar-refractivity contribution is 7.51. The Labute approximate surface area is 153 Å². The van der Waals surface area contributed by atoms with Gasteiger partial charge >= 0.3 is 25.6 Å². The molecule has 1 saturated carbocycles. The predicted molar refractivity (Wildman–Crippen MR) is 84.4 cm³/mol. The molecule has 27 heavy (non-hydrogen) atoms. The molecule has 154 valence electrons. The number of amides is 2. The molecule has 0 aromatic rings. The Kier molecular flexibility index (Phi) is 5.57. The van der Waals surface area contributed by atoms with E-state index in [1.807, 2.05) is 0 Å². The van der Waals surface area contributed by atoms with E-state index in [0.29, 0.717) is 13.1 Å². The standard InChI is InChI=1S/C14H21F3N3O6P/c15-14(16,17)8-5-9-11(6-10(8)19-1-3-26-4-2-19)20(7-27(23,24)25)13(22)12(21)18-9/h8-11H,1-7H2,(H,18,21)(H2,23,24,25). The van der Waals surface area contributed by atoms with Crippen LogP contribution in [0, 0.1) is 5.92 Å². The molecule has 2 amide bonds. The topological polar surface area (TPSA) is 119 Å². The van der Waals surface area contributed by atoms with Crippen LogP contribution in [0.15, 0.2) is 0 Å². The number of rotatable bonds is 3. The third-order valence-corrected chi connectivity index (χ3v) is 6.04. The molecule has 0 spiro atoms. The monoisotopic (exact) mass is 415 g/mol. The lowest BCUT2D eigenvalue weighted by Crippen LogP contribution is -2.69. The molecule has 0 aromatic heterocycles. The van der Waals surface area contributed by atoms with Crippen LogP contribution in [0.25, 0.3) is 0 Å². The number of morpholine rings is 1. The number of piperazine rings is 1. The number of carbonyl (C=O) groups is 2. The summed E-state index contributed by atoms with van der Waals surface area (Å²) < 4.78 is 57.6. The van der Waals surface area contributed by atoms with Gasteiger partial charge in [0.05, 0.1) is 31.2 Å². The van der Waals surface area contributed by atoms with Gasteiger partial charge in [-0.15, -0.1) is 0 Å². The second-order valence-electron chi connectivity index (χ2n) is 7.06. The second-order valence-corrected chi connectivity index (χ2v) is 8.68. The van der Waals surface area contributed by atoms with Crippen molar-refractivity contribution in [2.75, 3.05) is 32.6 Å². The number of ether oxygens (including phenoxy) is 1. The molecule has 4 unspecified atom stereocenters. The number of nitrogens with zero attached hydrogens (tertiary/aromatic N) is 2. The molecule has 4 atom stereocenters. The minimum atomic E-state index is -4.69. The zero-order valence-electron chi connectivity index (χ0n) is 14.3. The molecule has 3 N–H and O–H groups in total. The Morgan fingerprint density at radius 1 is 1.15 bits per heavy atom. The summed E-state index contributed by atoms with van der Waals surface area (Å²) in [4.78, 5) is 44.8. The number of hydrogen-bond donors (Lipinski definition) is 3. The van der Waals surface area contributed by atoms with Crippen LogP contribution in [0.3, 0.4) is 0 Å². The number of nitrogens with one attached hydrogen (secondary N) is 1. The lowest BCUT2D eigenvalue weighted by atomic mass is 9.75. The summed E-state index contributed by atoms with van der Waals surface area (Å²) in [7, 11) is -4.69.